The van der Waals surface area contributed by atoms with E-state index >= 15 is 0 Å². The fourth-order valence-electron chi connectivity index (χ4n) is 3.33. The van der Waals surface area contributed by atoms with Gasteiger partial charge in [-0.25, -0.2) is 17.7 Å². The fraction of sp³-hybridized carbons (Fsp3) is 0.391. The number of benzene rings is 2. The largest absolute Gasteiger partial charge is 0.331 e. The minimum absolute atomic E-state index is 0.0640. The Morgan fingerprint density at radius 3 is 2.32 bits per heavy atom. The third kappa shape index (κ3) is 4.97. The molecule has 0 spiro atoms. The predicted molar refractivity (Wildman–Crippen MR) is 124 cm³/mol. The van der Waals surface area contributed by atoms with Crippen molar-refractivity contribution in [3.63, 3.8) is 0 Å². The lowest BCUT2D eigenvalue weighted by molar-refractivity contribution is -0.116. The van der Waals surface area contributed by atoms with Gasteiger partial charge in [0.05, 0.1) is 15.9 Å². The van der Waals surface area contributed by atoms with Crippen LogP contribution in [0.1, 0.15) is 38.6 Å². The van der Waals surface area contributed by atoms with Crippen molar-refractivity contribution in [2.75, 3.05) is 19.4 Å². The normalized spacial score (nSPS) is 12.5. The van der Waals surface area contributed by atoms with Crippen LogP contribution in [0.4, 0.5) is 5.69 Å². The van der Waals surface area contributed by atoms with Crippen molar-refractivity contribution in [1.82, 2.24) is 13.9 Å². The van der Waals surface area contributed by atoms with Gasteiger partial charge in [-0.15, -0.1) is 0 Å². The summed E-state index contributed by atoms with van der Waals surface area (Å²) in [6.07, 6.45) is 0.730. The van der Waals surface area contributed by atoms with Crippen LogP contribution < -0.4 is 5.32 Å². The molecule has 0 radical (unpaired) electrons. The first-order chi connectivity index (χ1) is 14.4. The topological polar surface area (TPSA) is 84.3 Å². The number of amides is 1. The summed E-state index contributed by atoms with van der Waals surface area (Å²) in [4.78, 5) is 17.2. The molecule has 3 aromatic rings. The zero-order valence-electron chi connectivity index (χ0n) is 18.9. The van der Waals surface area contributed by atoms with Crippen LogP contribution in [-0.2, 0) is 33.7 Å². The monoisotopic (exact) mass is 442 g/mol. The first kappa shape index (κ1) is 23.0. The molecule has 0 atom stereocenters. The molecule has 0 saturated heterocycles. The number of carbonyl (C=O) groups is 1. The molecule has 0 aliphatic rings. The number of carbonyl (C=O) groups excluding carboxylic acids is 1. The number of sulfonamides is 1. The van der Waals surface area contributed by atoms with Gasteiger partial charge >= 0.3 is 0 Å². The quantitative estimate of drug-likeness (QED) is 0.631. The molecule has 1 amide bonds. The van der Waals surface area contributed by atoms with Crippen molar-refractivity contribution in [1.29, 1.82) is 0 Å². The summed E-state index contributed by atoms with van der Waals surface area (Å²) in [7, 11) is 1.34. The van der Waals surface area contributed by atoms with Gasteiger partial charge in [-0.1, -0.05) is 32.9 Å². The van der Waals surface area contributed by atoms with Gasteiger partial charge in [-0.3, -0.25) is 4.79 Å². The molecule has 0 aliphatic heterocycles. The third-order valence-electron chi connectivity index (χ3n) is 5.33. The molecule has 0 fully saturated rings. The number of aromatic nitrogens is 2. The van der Waals surface area contributed by atoms with Crippen molar-refractivity contribution >= 4 is 32.7 Å². The maximum Gasteiger partial charge on any atom is 0.242 e. The fourth-order valence-corrected chi connectivity index (χ4v) is 4.25. The number of hydrogen-bond acceptors (Lipinski definition) is 4. The van der Waals surface area contributed by atoms with E-state index in [0.717, 1.165) is 17.0 Å². The Kier molecular flexibility index (Phi) is 6.25. The van der Waals surface area contributed by atoms with Gasteiger partial charge in [-0.05, 0) is 41.3 Å². The standard InChI is InChI=1S/C23H30N4O3S/c1-23(2,3)16-7-9-17(10-8-16)24-22(28)14-13-21-25-19-15-18(31(29,30)26(4)5)11-12-20(19)27(21)6/h7-12,15H,13-14H2,1-6H3,(H,24,28). The van der Waals surface area contributed by atoms with Crippen LogP contribution in [0.3, 0.4) is 0 Å². The Balaban J connectivity index is 1.70. The Bertz CT molecular complexity index is 1200. The molecule has 7 nitrogen and oxygen atoms in total. The van der Waals surface area contributed by atoms with Crippen LogP contribution in [0, 0.1) is 0 Å². The second-order valence-corrected chi connectivity index (χ2v) is 11.1. The van der Waals surface area contributed by atoms with Crippen LogP contribution in [-0.4, -0.2) is 42.3 Å². The highest BCUT2D eigenvalue weighted by Gasteiger charge is 2.19. The molecule has 31 heavy (non-hydrogen) atoms. The molecular weight excluding hydrogens is 412 g/mol. The Morgan fingerprint density at radius 1 is 1.10 bits per heavy atom. The van der Waals surface area contributed by atoms with Crippen LogP contribution in [0.25, 0.3) is 11.0 Å². The number of hydrogen-bond donors (Lipinski definition) is 1. The van der Waals surface area contributed by atoms with Crippen LogP contribution in [0.5, 0.6) is 0 Å². The van der Waals surface area contributed by atoms with Gasteiger partial charge in [0.15, 0.2) is 0 Å². The molecule has 3 rings (SSSR count). The van der Waals surface area contributed by atoms with Gasteiger partial charge in [0.2, 0.25) is 15.9 Å². The zero-order valence-corrected chi connectivity index (χ0v) is 19.7. The highest BCUT2D eigenvalue weighted by Crippen LogP contribution is 2.24. The minimum Gasteiger partial charge on any atom is -0.331 e. The van der Waals surface area contributed by atoms with E-state index in [1.807, 2.05) is 35.9 Å². The van der Waals surface area contributed by atoms with Crippen LogP contribution in [0.15, 0.2) is 47.4 Å². The summed E-state index contributed by atoms with van der Waals surface area (Å²) in [5, 5.41) is 2.92. The molecule has 0 bridgehead atoms. The lowest BCUT2D eigenvalue weighted by atomic mass is 9.87. The first-order valence-corrected chi connectivity index (χ1v) is 11.6. The summed E-state index contributed by atoms with van der Waals surface area (Å²) < 4.78 is 27.8. The average molecular weight is 443 g/mol. The maximum atomic E-state index is 12.4. The van der Waals surface area contributed by atoms with E-state index in [1.165, 1.54) is 24.0 Å². The van der Waals surface area contributed by atoms with Crippen molar-refractivity contribution in [2.45, 2.75) is 43.9 Å². The summed E-state index contributed by atoms with van der Waals surface area (Å²) in [6, 6.07) is 12.8. The average Bonchev–Trinajstić information content (AvgIpc) is 3.01. The second-order valence-electron chi connectivity index (χ2n) is 8.90. The smallest absolute Gasteiger partial charge is 0.242 e. The molecule has 0 aliphatic carbocycles. The van der Waals surface area contributed by atoms with Crippen LogP contribution >= 0.6 is 0 Å². The molecule has 2 aromatic carbocycles. The van der Waals surface area contributed by atoms with E-state index in [9.17, 15) is 13.2 Å². The second kappa shape index (κ2) is 8.43. The van der Waals surface area contributed by atoms with Crippen molar-refractivity contribution in [3.8, 4) is 0 Å². The summed E-state index contributed by atoms with van der Waals surface area (Å²) in [5.74, 6) is 0.638. The van der Waals surface area contributed by atoms with Crippen molar-refractivity contribution < 1.29 is 13.2 Å². The molecular formula is C23H30N4O3S. The SMILES string of the molecule is CN(C)S(=O)(=O)c1ccc2c(c1)nc(CCC(=O)Nc1ccc(C(C)(C)C)cc1)n2C. The number of nitrogens with one attached hydrogen (secondary N) is 1. The van der Waals surface area contributed by atoms with E-state index in [0.29, 0.717) is 11.9 Å². The molecule has 0 unspecified atom stereocenters. The van der Waals surface area contributed by atoms with E-state index < -0.39 is 10.0 Å². The highest BCUT2D eigenvalue weighted by atomic mass is 32.2. The molecule has 0 saturated carbocycles. The summed E-state index contributed by atoms with van der Waals surface area (Å²) in [5.41, 5.74) is 3.46. The van der Waals surface area contributed by atoms with Crippen LogP contribution in [0.2, 0.25) is 0 Å². The van der Waals surface area contributed by atoms with Gasteiger partial charge in [0.1, 0.15) is 5.82 Å². The van der Waals surface area contributed by atoms with Gasteiger partial charge < -0.3 is 9.88 Å². The van der Waals surface area contributed by atoms with E-state index in [2.05, 4.69) is 31.1 Å². The number of imidazole rings is 1. The Morgan fingerprint density at radius 2 is 1.74 bits per heavy atom. The molecule has 1 N–H and O–H groups in total. The summed E-state index contributed by atoms with van der Waals surface area (Å²) >= 11 is 0. The number of rotatable bonds is 6. The maximum absolute atomic E-state index is 12.4. The highest BCUT2D eigenvalue weighted by molar-refractivity contribution is 7.89. The van der Waals surface area contributed by atoms with E-state index in [-0.39, 0.29) is 22.6 Å². The van der Waals surface area contributed by atoms with E-state index in [4.69, 9.17) is 0 Å². The van der Waals surface area contributed by atoms with Gasteiger partial charge in [0.25, 0.3) is 0 Å². The molecule has 166 valence electrons. The van der Waals surface area contributed by atoms with Crippen molar-refractivity contribution in [2.24, 2.45) is 7.05 Å². The van der Waals surface area contributed by atoms with Crippen molar-refractivity contribution in [3.05, 3.63) is 53.9 Å². The Hall–Kier alpha value is -2.71. The summed E-state index contributed by atoms with van der Waals surface area (Å²) in [6.45, 7) is 6.45. The van der Waals surface area contributed by atoms with E-state index in [1.54, 1.807) is 18.2 Å². The molecule has 8 heteroatoms. The third-order valence-corrected chi connectivity index (χ3v) is 7.14. The number of aryl methyl sites for hydroxylation is 2. The minimum atomic E-state index is -3.52. The number of fused-ring (bicyclic) bond motifs is 1. The molecule has 1 heterocycles. The first-order valence-electron chi connectivity index (χ1n) is 10.2. The number of anilines is 1. The van der Waals surface area contributed by atoms with Gasteiger partial charge in [0, 0.05) is 39.7 Å². The zero-order chi connectivity index (χ0) is 23.0. The molecule has 1 aromatic heterocycles. The number of nitrogens with zero attached hydrogens (tertiary/aromatic N) is 3. The van der Waals surface area contributed by atoms with Gasteiger partial charge in [-0.2, -0.15) is 0 Å². The predicted octanol–water partition coefficient (Wildman–Crippen LogP) is 3.69. The Labute approximate surface area is 184 Å². The lowest BCUT2D eigenvalue weighted by Gasteiger charge is -2.19. The lowest BCUT2D eigenvalue weighted by Crippen LogP contribution is -2.22.